The molecule has 0 spiro atoms. The Kier molecular flexibility index (Phi) is 3.61. The molecule has 1 aliphatic heterocycles. The molecule has 0 bridgehead atoms. The highest BCUT2D eigenvalue weighted by atomic mass is 16.5. The third kappa shape index (κ3) is 2.63. The number of β-amino-alcohol motifs (C(OH)–C–C–N with tert-alkyl or cyclic N) is 1. The van der Waals surface area contributed by atoms with Crippen molar-refractivity contribution in [3.05, 3.63) is 28.2 Å². The molecule has 1 amide bonds. The van der Waals surface area contributed by atoms with Crippen molar-refractivity contribution in [1.29, 1.82) is 0 Å². The molecule has 0 saturated carbocycles. The number of rotatable bonds is 2. The fourth-order valence-electron chi connectivity index (χ4n) is 2.01. The minimum atomic E-state index is -0.832. The minimum Gasteiger partial charge on any atom is -0.467 e. The molecule has 19 heavy (non-hydrogen) atoms. The van der Waals surface area contributed by atoms with Crippen LogP contribution in [0.4, 0.5) is 0 Å². The number of hydrogen-bond donors (Lipinski definition) is 2. The van der Waals surface area contributed by atoms with Gasteiger partial charge >= 0.3 is 5.97 Å². The van der Waals surface area contributed by atoms with Crippen LogP contribution in [0.3, 0.4) is 0 Å². The quantitative estimate of drug-likeness (QED) is 0.632. The molecule has 8 heteroatoms. The summed E-state index contributed by atoms with van der Waals surface area (Å²) in [6.07, 6.45) is -0.655. The van der Waals surface area contributed by atoms with Gasteiger partial charge in [-0.1, -0.05) is 0 Å². The van der Waals surface area contributed by atoms with E-state index in [1.54, 1.807) is 0 Å². The number of aliphatic hydroxyl groups excluding tert-OH is 1. The first-order chi connectivity index (χ1) is 9.02. The van der Waals surface area contributed by atoms with Crippen molar-refractivity contribution in [2.24, 2.45) is 0 Å². The van der Waals surface area contributed by atoms with E-state index in [1.807, 2.05) is 0 Å². The van der Waals surface area contributed by atoms with Gasteiger partial charge < -0.3 is 14.7 Å². The number of H-pyrrole nitrogens is 1. The zero-order valence-electron chi connectivity index (χ0n) is 10.2. The number of aliphatic hydroxyl groups is 1. The van der Waals surface area contributed by atoms with Crippen LogP contribution in [-0.4, -0.2) is 57.9 Å². The number of nitrogens with one attached hydrogen (secondary N) is 1. The first-order valence-corrected chi connectivity index (χ1v) is 5.65. The Labute approximate surface area is 108 Å². The highest BCUT2D eigenvalue weighted by Gasteiger charge is 2.40. The topological polar surface area (TPSA) is 113 Å². The maximum atomic E-state index is 12.2. The van der Waals surface area contributed by atoms with Crippen molar-refractivity contribution in [3.63, 3.8) is 0 Å². The minimum absolute atomic E-state index is 0.00241. The number of amides is 1. The van der Waals surface area contributed by atoms with Crippen LogP contribution in [0.1, 0.15) is 16.9 Å². The molecule has 0 radical (unpaired) electrons. The van der Waals surface area contributed by atoms with Gasteiger partial charge in [0.25, 0.3) is 11.5 Å². The zero-order valence-corrected chi connectivity index (χ0v) is 10.2. The van der Waals surface area contributed by atoms with Gasteiger partial charge in [-0.15, -0.1) is 0 Å². The summed E-state index contributed by atoms with van der Waals surface area (Å²) in [6.45, 7) is 0.0272. The monoisotopic (exact) mass is 267 g/mol. The maximum absolute atomic E-state index is 12.2. The molecule has 1 aliphatic rings. The zero-order chi connectivity index (χ0) is 14.0. The van der Waals surface area contributed by atoms with Gasteiger partial charge in [-0.05, 0) is 6.07 Å². The first-order valence-electron chi connectivity index (χ1n) is 5.65. The lowest BCUT2D eigenvalue weighted by Crippen LogP contribution is -2.41. The number of esters is 1. The van der Waals surface area contributed by atoms with Gasteiger partial charge in [0, 0.05) is 19.0 Å². The average molecular weight is 267 g/mol. The number of methoxy groups -OCH3 is 1. The summed E-state index contributed by atoms with van der Waals surface area (Å²) >= 11 is 0. The van der Waals surface area contributed by atoms with Gasteiger partial charge in [-0.25, -0.2) is 9.89 Å². The Bertz CT molecular complexity index is 535. The summed E-state index contributed by atoms with van der Waals surface area (Å²) in [5.74, 6) is -1.13. The summed E-state index contributed by atoms with van der Waals surface area (Å²) < 4.78 is 4.60. The lowest BCUT2D eigenvalue weighted by molar-refractivity contribution is -0.145. The second-order valence-electron chi connectivity index (χ2n) is 4.19. The van der Waals surface area contributed by atoms with Gasteiger partial charge in [-0.2, -0.15) is 5.10 Å². The van der Waals surface area contributed by atoms with E-state index in [9.17, 15) is 19.5 Å². The van der Waals surface area contributed by atoms with Crippen LogP contribution < -0.4 is 5.56 Å². The molecule has 0 aromatic carbocycles. The van der Waals surface area contributed by atoms with E-state index in [1.165, 1.54) is 24.1 Å². The van der Waals surface area contributed by atoms with Crippen LogP contribution in [0.2, 0.25) is 0 Å². The smallest absolute Gasteiger partial charge is 0.328 e. The van der Waals surface area contributed by atoms with E-state index in [0.29, 0.717) is 0 Å². The molecular formula is C11H13N3O5. The third-order valence-electron chi connectivity index (χ3n) is 2.91. The maximum Gasteiger partial charge on any atom is 0.328 e. The van der Waals surface area contributed by atoms with Crippen molar-refractivity contribution in [3.8, 4) is 0 Å². The molecule has 102 valence electrons. The summed E-state index contributed by atoms with van der Waals surface area (Å²) in [5, 5.41) is 15.3. The van der Waals surface area contributed by atoms with Crippen LogP contribution in [-0.2, 0) is 9.53 Å². The number of carbonyl (C=O) groups is 2. The Hall–Kier alpha value is -2.22. The van der Waals surface area contributed by atoms with E-state index in [-0.39, 0.29) is 18.7 Å². The average Bonchev–Trinajstić information content (AvgIpc) is 2.80. The number of aromatic amines is 1. The van der Waals surface area contributed by atoms with Gasteiger partial charge in [-0.3, -0.25) is 9.59 Å². The molecule has 0 aliphatic carbocycles. The number of carbonyl (C=O) groups excluding carboxylic acids is 2. The second-order valence-corrected chi connectivity index (χ2v) is 4.19. The van der Waals surface area contributed by atoms with E-state index >= 15 is 0 Å². The molecule has 1 aromatic rings. The van der Waals surface area contributed by atoms with E-state index in [4.69, 9.17) is 0 Å². The van der Waals surface area contributed by atoms with Crippen molar-refractivity contribution in [2.75, 3.05) is 13.7 Å². The van der Waals surface area contributed by atoms with Crippen LogP contribution in [0.5, 0.6) is 0 Å². The van der Waals surface area contributed by atoms with Gasteiger partial charge in [0.2, 0.25) is 0 Å². The fraction of sp³-hybridized carbons (Fsp3) is 0.455. The predicted octanol–water partition coefficient (Wildman–Crippen LogP) is -1.48. The molecule has 2 unspecified atom stereocenters. The largest absolute Gasteiger partial charge is 0.467 e. The lowest BCUT2D eigenvalue weighted by Gasteiger charge is -2.21. The van der Waals surface area contributed by atoms with Crippen LogP contribution >= 0.6 is 0 Å². The highest BCUT2D eigenvalue weighted by Crippen LogP contribution is 2.20. The first kappa shape index (κ1) is 13.2. The Morgan fingerprint density at radius 2 is 2.26 bits per heavy atom. The van der Waals surface area contributed by atoms with Gasteiger partial charge in [0.15, 0.2) is 0 Å². The normalized spacial score (nSPS) is 22.3. The second kappa shape index (κ2) is 5.19. The van der Waals surface area contributed by atoms with Crippen LogP contribution in [0.15, 0.2) is 16.9 Å². The standard InChI is InChI=1S/C11H13N3O5/c1-19-11(18)8-4-6(15)5-14(8)10(17)7-2-3-9(16)13-12-7/h2-3,6,8,15H,4-5H2,1H3,(H,13,16). The highest BCUT2D eigenvalue weighted by molar-refractivity contribution is 5.95. The number of aromatic nitrogens is 2. The number of nitrogens with zero attached hydrogens (tertiary/aromatic N) is 2. The summed E-state index contributed by atoms with van der Waals surface area (Å²) in [5.41, 5.74) is -0.426. The number of likely N-dealkylation sites (tertiary alicyclic amines) is 1. The van der Waals surface area contributed by atoms with Gasteiger partial charge in [0.1, 0.15) is 11.7 Å². The lowest BCUT2D eigenvalue weighted by atomic mass is 10.2. The molecular weight excluding hydrogens is 254 g/mol. The summed E-state index contributed by atoms with van der Waals surface area (Å²) in [6, 6.07) is 1.60. The Morgan fingerprint density at radius 3 is 2.84 bits per heavy atom. The Morgan fingerprint density at radius 1 is 1.53 bits per heavy atom. The predicted molar refractivity (Wildman–Crippen MR) is 62.3 cm³/mol. The van der Waals surface area contributed by atoms with Crippen LogP contribution in [0, 0.1) is 0 Å². The van der Waals surface area contributed by atoms with Crippen LogP contribution in [0.25, 0.3) is 0 Å². The number of hydrogen-bond acceptors (Lipinski definition) is 6. The fourth-order valence-corrected chi connectivity index (χ4v) is 2.01. The Balaban J connectivity index is 2.23. The van der Waals surface area contributed by atoms with Crippen molar-refractivity contribution in [1.82, 2.24) is 15.1 Å². The third-order valence-corrected chi connectivity index (χ3v) is 2.91. The molecule has 8 nitrogen and oxygen atoms in total. The molecule has 2 N–H and O–H groups in total. The van der Waals surface area contributed by atoms with Crippen molar-refractivity contribution >= 4 is 11.9 Å². The molecule has 1 saturated heterocycles. The summed E-state index contributed by atoms with van der Waals surface area (Å²) in [7, 11) is 1.22. The molecule has 1 fully saturated rings. The molecule has 1 aromatic heterocycles. The number of ether oxygens (including phenoxy) is 1. The molecule has 2 rings (SSSR count). The van der Waals surface area contributed by atoms with Crippen molar-refractivity contribution in [2.45, 2.75) is 18.6 Å². The summed E-state index contributed by atoms with van der Waals surface area (Å²) in [4.78, 5) is 35.8. The molecule has 2 atom stereocenters. The molecule has 2 heterocycles. The van der Waals surface area contributed by atoms with E-state index < -0.39 is 29.6 Å². The van der Waals surface area contributed by atoms with Crippen molar-refractivity contribution < 1.29 is 19.4 Å². The SMILES string of the molecule is COC(=O)C1CC(O)CN1C(=O)c1ccc(=O)[nH]n1. The van der Waals surface area contributed by atoms with Gasteiger partial charge in [0.05, 0.1) is 13.2 Å². The van der Waals surface area contributed by atoms with E-state index in [2.05, 4.69) is 14.9 Å². The van der Waals surface area contributed by atoms with E-state index in [0.717, 1.165) is 0 Å².